The number of nitrogens with one attached hydrogen (secondary N) is 1. The van der Waals surface area contributed by atoms with Crippen molar-refractivity contribution in [2.45, 2.75) is 63.3 Å². The number of rotatable bonds is 8. The van der Waals surface area contributed by atoms with Crippen LogP contribution in [0.3, 0.4) is 0 Å². The number of aryl methyl sites for hydroxylation is 1. The molecule has 0 aliphatic heterocycles. The normalized spacial score (nSPS) is 17.5. The lowest BCUT2D eigenvalue weighted by Crippen LogP contribution is -2.33. The first-order valence-corrected chi connectivity index (χ1v) is 9.20. The summed E-state index contributed by atoms with van der Waals surface area (Å²) in [4.78, 5) is 1.45. The van der Waals surface area contributed by atoms with E-state index in [-0.39, 0.29) is 0 Å². The van der Waals surface area contributed by atoms with E-state index in [9.17, 15) is 0 Å². The molecule has 0 bridgehead atoms. The largest absolute Gasteiger partial charge is 0.313 e. The molecule has 1 aromatic rings. The quantitative estimate of drug-likeness (QED) is 0.674. The molecule has 0 spiro atoms. The van der Waals surface area contributed by atoms with Crippen molar-refractivity contribution >= 4 is 11.8 Å². The summed E-state index contributed by atoms with van der Waals surface area (Å²) in [6, 6.07) is 9.44. The van der Waals surface area contributed by atoms with E-state index in [0.717, 1.165) is 12.5 Å². The highest BCUT2D eigenvalue weighted by molar-refractivity contribution is 7.99. The standard InChI is InChI=1S/C18H29NS/c1-3-12-19-17(13-16-9-5-6-10-16)14-20-18-11-7-4-8-15(18)2/h4,7-8,11,16-17,19H,3,5-6,9-10,12-14H2,1-2H3. The topological polar surface area (TPSA) is 12.0 Å². The summed E-state index contributed by atoms with van der Waals surface area (Å²) in [6.07, 6.45) is 8.43. The van der Waals surface area contributed by atoms with Crippen molar-refractivity contribution < 1.29 is 0 Å². The predicted molar refractivity (Wildman–Crippen MR) is 90.6 cm³/mol. The van der Waals surface area contributed by atoms with E-state index < -0.39 is 0 Å². The fourth-order valence-corrected chi connectivity index (χ4v) is 4.22. The second kappa shape index (κ2) is 8.74. The van der Waals surface area contributed by atoms with Crippen molar-refractivity contribution in [2.24, 2.45) is 5.92 Å². The molecule has 1 aromatic carbocycles. The molecule has 0 amide bonds. The van der Waals surface area contributed by atoms with Gasteiger partial charge in [0, 0.05) is 16.7 Å². The van der Waals surface area contributed by atoms with Gasteiger partial charge in [0.15, 0.2) is 0 Å². The molecule has 20 heavy (non-hydrogen) atoms. The number of hydrogen-bond donors (Lipinski definition) is 1. The number of thioether (sulfide) groups is 1. The summed E-state index contributed by atoms with van der Waals surface area (Å²) < 4.78 is 0. The Labute approximate surface area is 128 Å². The summed E-state index contributed by atoms with van der Waals surface area (Å²) in [6.45, 7) is 5.63. The van der Waals surface area contributed by atoms with Crippen molar-refractivity contribution in [1.82, 2.24) is 5.32 Å². The minimum Gasteiger partial charge on any atom is -0.313 e. The van der Waals surface area contributed by atoms with Crippen molar-refractivity contribution in [3.63, 3.8) is 0 Å². The van der Waals surface area contributed by atoms with E-state index in [0.29, 0.717) is 6.04 Å². The molecular formula is C18H29NS. The molecule has 0 saturated heterocycles. The van der Waals surface area contributed by atoms with Gasteiger partial charge in [0.25, 0.3) is 0 Å². The Hall–Kier alpha value is -0.470. The van der Waals surface area contributed by atoms with Gasteiger partial charge in [-0.3, -0.25) is 0 Å². The zero-order chi connectivity index (χ0) is 14.2. The Bertz CT molecular complexity index is 385. The van der Waals surface area contributed by atoms with Crippen LogP contribution < -0.4 is 5.32 Å². The highest BCUT2D eigenvalue weighted by Crippen LogP contribution is 2.30. The van der Waals surface area contributed by atoms with E-state index in [4.69, 9.17) is 0 Å². The van der Waals surface area contributed by atoms with Crippen LogP contribution in [-0.4, -0.2) is 18.3 Å². The lowest BCUT2D eigenvalue weighted by atomic mass is 9.99. The maximum absolute atomic E-state index is 3.77. The third-order valence-corrected chi connectivity index (χ3v) is 5.65. The molecule has 2 rings (SSSR count). The average molecular weight is 292 g/mol. The minimum atomic E-state index is 0.683. The van der Waals surface area contributed by atoms with E-state index in [2.05, 4.69) is 43.4 Å². The molecule has 0 heterocycles. The maximum Gasteiger partial charge on any atom is 0.0164 e. The van der Waals surface area contributed by atoms with Gasteiger partial charge in [0.05, 0.1) is 0 Å². The van der Waals surface area contributed by atoms with Crippen LogP contribution in [0.4, 0.5) is 0 Å². The molecule has 1 nitrogen and oxygen atoms in total. The summed E-state index contributed by atoms with van der Waals surface area (Å²) in [5.74, 6) is 2.18. The van der Waals surface area contributed by atoms with Gasteiger partial charge in [0.2, 0.25) is 0 Å². The van der Waals surface area contributed by atoms with Gasteiger partial charge in [-0.25, -0.2) is 0 Å². The van der Waals surface area contributed by atoms with Crippen LogP contribution in [0, 0.1) is 12.8 Å². The highest BCUT2D eigenvalue weighted by atomic mass is 32.2. The summed E-state index contributed by atoms with van der Waals surface area (Å²) in [7, 11) is 0. The first-order valence-electron chi connectivity index (χ1n) is 8.21. The summed E-state index contributed by atoms with van der Waals surface area (Å²) in [5, 5.41) is 3.77. The molecule has 1 fully saturated rings. The van der Waals surface area contributed by atoms with Crippen LogP contribution in [0.1, 0.15) is 51.0 Å². The van der Waals surface area contributed by atoms with E-state index in [1.165, 1.54) is 54.7 Å². The van der Waals surface area contributed by atoms with Crippen LogP contribution in [0.25, 0.3) is 0 Å². The smallest absolute Gasteiger partial charge is 0.0164 e. The van der Waals surface area contributed by atoms with Gasteiger partial charge < -0.3 is 5.32 Å². The molecule has 1 atom stereocenters. The van der Waals surface area contributed by atoms with Crippen molar-refractivity contribution in [2.75, 3.05) is 12.3 Å². The third-order valence-electron chi connectivity index (χ3n) is 4.31. The highest BCUT2D eigenvalue weighted by Gasteiger charge is 2.20. The minimum absolute atomic E-state index is 0.683. The zero-order valence-electron chi connectivity index (χ0n) is 13.0. The first kappa shape index (κ1) is 15.9. The monoisotopic (exact) mass is 291 g/mol. The van der Waals surface area contributed by atoms with Crippen LogP contribution in [0.15, 0.2) is 29.2 Å². The molecule has 1 aliphatic rings. The molecule has 1 unspecified atom stereocenters. The van der Waals surface area contributed by atoms with Gasteiger partial charge in [0.1, 0.15) is 0 Å². The second-order valence-electron chi connectivity index (χ2n) is 6.11. The zero-order valence-corrected chi connectivity index (χ0v) is 13.8. The van der Waals surface area contributed by atoms with Gasteiger partial charge in [-0.2, -0.15) is 0 Å². The lowest BCUT2D eigenvalue weighted by Gasteiger charge is -2.22. The Morgan fingerprint density at radius 3 is 2.70 bits per heavy atom. The molecule has 1 saturated carbocycles. The Kier molecular flexibility index (Phi) is 6.95. The van der Waals surface area contributed by atoms with Gasteiger partial charge in [-0.15, -0.1) is 11.8 Å². The van der Waals surface area contributed by atoms with Gasteiger partial charge in [-0.1, -0.05) is 50.8 Å². The van der Waals surface area contributed by atoms with Crippen molar-refractivity contribution in [3.8, 4) is 0 Å². The third kappa shape index (κ3) is 5.14. The van der Waals surface area contributed by atoms with Crippen LogP contribution in [0.5, 0.6) is 0 Å². The number of benzene rings is 1. The Morgan fingerprint density at radius 2 is 2.00 bits per heavy atom. The van der Waals surface area contributed by atoms with Crippen molar-refractivity contribution in [1.29, 1.82) is 0 Å². The van der Waals surface area contributed by atoms with Crippen molar-refractivity contribution in [3.05, 3.63) is 29.8 Å². The van der Waals surface area contributed by atoms with Crippen LogP contribution in [0.2, 0.25) is 0 Å². The fourth-order valence-electron chi connectivity index (χ4n) is 3.12. The molecule has 112 valence electrons. The molecule has 1 N–H and O–H groups in total. The predicted octanol–water partition coefficient (Wildman–Crippen LogP) is 5.04. The molecule has 2 heteroatoms. The van der Waals surface area contributed by atoms with E-state index in [1.807, 2.05) is 11.8 Å². The molecule has 1 aliphatic carbocycles. The first-order chi connectivity index (χ1) is 9.79. The lowest BCUT2D eigenvalue weighted by molar-refractivity contribution is 0.410. The van der Waals surface area contributed by atoms with E-state index >= 15 is 0 Å². The maximum atomic E-state index is 3.77. The van der Waals surface area contributed by atoms with Crippen LogP contribution in [-0.2, 0) is 0 Å². The second-order valence-corrected chi connectivity index (χ2v) is 7.18. The molecule has 0 aromatic heterocycles. The molecule has 0 radical (unpaired) electrons. The Morgan fingerprint density at radius 1 is 1.25 bits per heavy atom. The van der Waals surface area contributed by atoms with Crippen LogP contribution >= 0.6 is 11.8 Å². The SMILES string of the molecule is CCCNC(CSc1ccccc1C)CC1CCCC1. The van der Waals surface area contributed by atoms with E-state index in [1.54, 1.807) is 0 Å². The van der Waals surface area contributed by atoms with Gasteiger partial charge >= 0.3 is 0 Å². The molecular weight excluding hydrogens is 262 g/mol. The van der Waals surface area contributed by atoms with Gasteiger partial charge in [-0.05, 0) is 43.9 Å². The Balaban J connectivity index is 1.84. The summed E-state index contributed by atoms with van der Waals surface area (Å²) in [5.41, 5.74) is 1.41. The summed E-state index contributed by atoms with van der Waals surface area (Å²) >= 11 is 2.03. The average Bonchev–Trinajstić information content (AvgIpc) is 2.96. The fraction of sp³-hybridized carbons (Fsp3) is 0.667. The number of hydrogen-bond acceptors (Lipinski definition) is 2.